The number of nitrogens with one attached hydrogen (secondary N) is 1. The molecule has 1 aromatic rings. The number of rotatable bonds is 1. The molecule has 0 radical (unpaired) electrons. The molecule has 1 aromatic heterocycles. The van der Waals surface area contributed by atoms with Gasteiger partial charge in [0.2, 0.25) is 0 Å². The Morgan fingerprint density at radius 3 is 3.20 bits per heavy atom. The van der Waals surface area contributed by atoms with E-state index in [1.807, 2.05) is 12.1 Å². The zero-order valence-electron chi connectivity index (χ0n) is 5.54. The number of furan rings is 1. The van der Waals surface area contributed by atoms with E-state index in [1.165, 1.54) is 0 Å². The summed E-state index contributed by atoms with van der Waals surface area (Å²) in [5.74, 6) is 0.859. The molecule has 0 aliphatic carbocycles. The highest BCUT2D eigenvalue weighted by Crippen LogP contribution is 2.17. The SMILES string of the molecule is c1coc(C2NCCO2)c1. The average molecular weight is 139 g/mol. The summed E-state index contributed by atoms with van der Waals surface area (Å²) in [7, 11) is 0. The first kappa shape index (κ1) is 5.95. The molecule has 0 amide bonds. The molecule has 0 aromatic carbocycles. The van der Waals surface area contributed by atoms with Crippen LogP contribution in [0.2, 0.25) is 0 Å². The lowest BCUT2D eigenvalue weighted by atomic mass is 10.4. The predicted octanol–water partition coefficient (Wildman–Crippen LogP) is 0.898. The number of hydrogen-bond donors (Lipinski definition) is 1. The van der Waals surface area contributed by atoms with Crippen LogP contribution in [-0.4, -0.2) is 13.2 Å². The Morgan fingerprint density at radius 2 is 2.60 bits per heavy atom. The summed E-state index contributed by atoms with van der Waals surface area (Å²) in [6.45, 7) is 1.68. The zero-order valence-corrected chi connectivity index (χ0v) is 5.54. The third kappa shape index (κ3) is 0.936. The summed E-state index contributed by atoms with van der Waals surface area (Å²) in [4.78, 5) is 0. The van der Waals surface area contributed by atoms with Crippen molar-refractivity contribution in [1.29, 1.82) is 0 Å². The van der Waals surface area contributed by atoms with Gasteiger partial charge in [-0.3, -0.25) is 5.32 Å². The van der Waals surface area contributed by atoms with Crippen molar-refractivity contribution in [3.05, 3.63) is 24.2 Å². The first-order valence-corrected chi connectivity index (χ1v) is 3.35. The molecule has 3 heteroatoms. The molecule has 1 aliphatic rings. The second-order valence-electron chi connectivity index (χ2n) is 2.22. The maximum Gasteiger partial charge on any atom is 0.167 e. The van der Waals surface area contributed by atoms with E-state index in [0.717, 1.165) is 18.9 Å². The molecule has 2 rings (SSSR count). The van der Waals surface area contributed by atoms with Crippen molar-refractivity contribution < 1.29 is 9.15 Å². The van der Waals surface area contributed by atoms with Crippen LogP contribution in [0.5, 0.6) is 0 Å². The first-order chi connectivity index (χ1) is 4.97. The molecule has 1 unspecified atom stereocenters. The smallest absolute Gasteiger partial charge is 0.167 e. The highest BCUT2D eigenvalue weighted by atomic mass is 16.5. The van der Waals surface area contributed by atoms with E-state index in [9.17, 15) is 0 Å². The Labute approximate surface area is 59.0 Å². The second kappa shape index (κ2) is 2.44. The molecule has 0 bridgehead atoms. The predicted molar refractivity (Wildman–Crippen MR) is 35.4 cm³/mol. The maximum absolute atomic E-state index is 5.29. The molecular weight excluding hydrogens is 130 g/mol. The van der Waals surface area contributed by atoms with Gasteiger partial charge in [0.25, 0.3) is 0 Å². The molecule has 2 heterocycles. The van der Waals surface area contributed by atoms with Crippen LogP contribution in [0.4, 0.5) is 0 Å². The van der Waals surface area contributed by atoms with Crippen molar-refractivity contribution in [1.82, 2.24) is 5.32 Å². The molecule has 1 saturated heterocycles. The Hall–Kier alpha value is -0.800. The van der Waals surface area contributed by atoms with Crippen molar-refractivity contribution in [2.75, 3.05) is 13.2 Å². The number of ether oxygens (including phenoxy) is 1. The molecular formula is C7H9NO2. The van der Waals surface area contributed by atoms with Crippen LogP contribution in [0.15, 0.2) is 22.8 Å². The van der Waals surface area contributed by atoms with Crippen molar-refractivity contribution in [3.63, 3.8) is 0 Å². The van der Waals surface area contributed by atoms with Gasteiger partial charge in [-0.2, -0.15) is 0 Å². The normalized spacial score (nSPS) is 25.4. The quantitative estimate of drug-likeness (QED) is 0.627. The summed E-state index contributed by atoms with van der Waals surface area (Å²) < 4.78 is 10.4. The third-order valence-electron chi connectivity index (χ3n) is 1.52. The highest BCUT2D eigenvalue weighted by Gasteiger charge is 2.18. The van der Waals surface area contributed by atoms with Crippen LogP contribution in [0.25, 0.3) is 0 Å². The monoisotopic (exact) mass is 139 g/mol. The van der Waals surface area contributed by atoms with Crippen LogP contribution >= 0.6 is 0 Å². The summed E-state index contributed by atoms with van der Waals surface area (Å²) in [5.41, 5.74) is 0. The molecule has 3 nitrogen and oxygen atoms in total. The van der Waals surface area contributed by atoms with Crippen molar-refractivity contribution in [2.45, 2.75) is 6.23 Å². The minimum absolute atomic E-state index is 0.0185. The summed E-state index contributed by atoms with van der Waals surface area (Å²) in [6, 6.07) is 3.77. The van der Waals surface area contributed by atoms with Crippen molar-refractivity contribution >= 4 is 0 Å². The standard InChI is InChI=1S/C7H9NO2/c1-2-6(9-4-1)7-8-3-5-10-7/h1-2,4,7-8H,3,5H2. The van der Waals surface area contributed by atoms with E-state index in [4.69, 9.17) is 9.15 Å². The molecule has 1 fully saturated rings. The topological polar surface area (TPSA) is 34.4 Å². The second-order valence-corrected chi connectivity index (χ2v) is 2.22. The van der Waals surface area contributed by atoms with Gasteiger partial charge in [-0.1, -0.05) is 0 Å². The third-order valence-corrected chi connectivity index (χ3v) is 1.52. The van der Waals surface area contributed by atoms with Crippen LogP contribution in [0, 0.1) is 0 Å². The van der Waals surface area contributed by atoms with E-state index in [1.54, 1.807) is 6.26 Å². The molecule has 1 atom stereocenters. The first-order valence-electron chi connectivity index (χ1n) is 3.35. The summed E-state index contributed by atoms with van der Waals surface area (Å²) >= 11 is 0. The van der Waals surface area contributed by atoms with Gasteiger partial charge in [-0.15, -0.1) is 0 Å². The molecule has 1 aliphatic heterocycles. The largest absolute Gasteiger partial charge is 0.465 e. The Bertz CT molecular complexity index is 189. The van der Waals surface area contributed by atoms with Gasteiger partial charge < -0.3 is 9.15 Å². The molecule has 1 N–H and O–H groups in total. The lowest BCUT2D eigenvalue weighted by molar-refractivity contribution is 0.0833. The minimum Gasteiger partial charge on any atom is -0.465 e. The Morgan fingerprint density at radius 1 is 1.60 bits per heavy atom. The fourth-order valence-corrected chi connectivity index (χ4v) is 1.05. The molecule has 0 spiro atoms. The summed E-state index contributed by atoms with van der Waals surface area (Å²) in [6.07, 6.45) is 1.63. The van der Waals surface area contributed by atoms with Gasteiger partial charge in [0.15, 0.2) is 6.23 Å². The van der Waals surface area contributed by atoms with E-state index in [-0.39, 0.29) is 6.23 Å². The van der Waals surface area contributed by atoms with E-state index >= 15 is 0 Å². The number of hydrogen-bond acceptors (Lipinski definition) is 3. The van der Waals surface area contributed by atoms with Crippen LogP contribution in [-0.2, 0) is 4.74 Å². The Balaban J connectivity index is 2.12. The van der Waals surface area contributed by atoms with Crippen molar-refractivity contribution in [3.8, 4) is 0 Å². The fourth-order valence-electron chi connectivity index (χ4n) is 1.05. The minimum atomic E-state index is -0.0185. The van der Waals surface area contributed by atoms with Gasteiger partial charge in [0, 0.05) is 6.54 Å². The van der Waals surface area contributed by atoms with E-state index in [0.29, 0.717) is 0 Å². The van der Waals surface area contributed by atoms with Crippen molar-refractivity contribution in [2.24, 2.45) is 0 Å². The van der Waals surface area contributed by atoms with Gasteiger partial charge in [0.1, 0.15) is 5.76 Å². The lowest BCUT2D eigenvalue weighted by Crippen LogP contribution is -2.12. The van der Waals surface area contributed by atoms with Crippen LogP contribution in [0.1, 0.15) is 12.0 Å². The maximum atomic E-state index is 5.29. The van der Waals surface area contributed by atoms with Gasteiger partial charge >= 0.3 is 0 Å². The molecule has 0 saturated carbocycles. The van der Waals surface area contributed by atoms with Crippen LogP contribution in [0.3, 0.4) is 0 Å². The summed E-state index contributed by atoms with van der Waals surface area (Å²) in [5, 5.41) is 3.14. The van der Waals surface area contributed by atoms with Crippen LogP contribution < -0.4 is 5.32 Å². The molecule has 10 heavy (non-hydrogen) atoms. The Kier molecular flexibility index (Phi) is 1.45. The average Bonchev–Trinajstić information content (AvgIpc) is 2.59. The molecule has 54 valence electrons. The van der Waals surface area contributed by atoms with Gasteiger partial charge in [-0.05, 0) is 12.1 Å². The zero-order chi connectivity index (χ0) is 6.81. The van der Waals surface area contributed by atoms with Gasteiger partial charge in [-0.25, -0.2) is 0 Å². The van der Waals surface area contributed by atoms with E-state index in [2.05, 4.69) is 5.32 Å². The van der Waals surface area contributed by atoms with Gasteiger partial charge in [0.05, 0.1) is 12.9 Å². The highest BCUT2D eigenvalue weighted by molar-refractivity contribution is 5.02. The lowest BCUT2D eigenvalue weighted by Gasteiger charge is -2.03. The fraction of sp³-hybridized carbons (Fsp3) is 0.429. The van der Waals surface area contributed by atoms with E-state index < -0.39 is 0 Å².